The number of carbonyl (C=O) groups is 1. The van der Waals surface area contributed by atoms with E-state index in [0.717, 1.165) is 15.9 Å². The van der Waals surface area contributed by atoms with Gasteiger partial charge in [0.2, 0.25) is 0 Å². The minimum atomic E-state index is -0.570. The van der Waals surface area contributed by atoms with Gasteiger partial charge in [0.1, 0.15) is 11.6 Å². The number of aromatic nitrogens is 1. The first-order valence-electron chi connectivity index (χ1n) is 5.31. The van der Waals surface area contributed by atoms with Crippen molar-refractivity contribution in [1.82, 2.24) is 4.98 Å². The molecule has 0 aliphatic rings. The Morgan fingerprint density at radius 1 is 1.56 bits per heavy atom. The predicted octanol–water partition coefficient (Wildman–Crippen LogP) is 2.46. The zero-order chi connectivity index (χ0) is 13.1. The Morgan fingerprint density at radius 3 is 2.94 bits per heavy atom. The summed E-state index contributed by atoms with van der Waals surface area (Å²) in [6, 6.07) is 5.18. The number of aryl methyl sites for hydroxylation is 1. The Balaban J connectivity index is 2.02. The highest BCUT2D eigenvalue weighted by molar-refractivity contribution is 9.10. The van der Waals surface area contributed by atoms with E-state index < -0.39 is 5.91 Å². The molecule has 0 atom stereocenters. The first-order valence-corrected chi connectivity index (χ1v) is 6.10. The fourth-order valence-corrected chi connectivity index (χ4v) is 1.64. The fourth-order valence-electron chi connectivity index (χ4n) is 1.42. The number of rotatable bonds is 4. The molecule has 2 aromatic heterocycles. The molecular formula is C12H12BrN3O2. The SMILES string of the molecule is Cc1cc(NCc2ccc(C(N)=O)o2)ncc1Br. The van der Waals surface area contributed by atoms with Gasteiger partial charge in [-0.3, -0.25) is 4.79 Å². The number of primary amides is 1. The highest BCUT2D eigenvalue weighted by Gasteiger charge is 2.07. The lowest BCUT2D eigenvalue weighted by Gasteiger charge is -2.05. The van der Waals surface area contributed by atoms with E-state index in [4.69, 9.17) is 10.2 Å². The van der Waals surface area contributed by atoms with E-state index in [2.05, 4.69) is 26.2 Å². The first kappa shape index (κ1) is 12.6. The van der Waals surface area contributed by atoms with Crippen LogP contribution in [0.4, 0.5) is 5.82 Å². The number of anilines is 1. The molecule has 18 heavy (non-hydrogen) atoms. The second kappa shape index (κ2) is 5.22. The van der Waals surface area contributed by atoms with Crippen molar-refractivity contribution in [2.75, 3.05) is 5.32 Å². The summed E-state index contributed by atoms with van der Waals surface area (Å²) in [7, 11) is 0. The zero-order valence-corrected chi connectivity index (χ0v) is 11.3. The van der Waals surface area contributed by atoms with Crippen molar-refractivity contribution in [1.29, 1.82) is 0 Å². The number of halogens is 1. The second-order valence-electron chi connectivity index (χ2n) is 3.80. The van der Waals surface area contributed by atoms with E-state index in [1.807, 2.05) is 13.0 Å². The molecular weight excluding hydrogens is 298 g/mol. The predicted molar refractivity (Wildman–Crippen MR) is 71.2 cm³/mol. The molecule has 3 N–H and O–H groups in total. The number of pyridine rings is 1. The monoisotopic (exact) mass is 309 g/mol. The first-order chi connectivity index (χ1) is 8.56. The summed E-state index contributed by atoms with van der Waals surface area (Å²) < 4.78 is 6.21. The molecule has 94 valence electrons. The summed E-state index contributed by atoms with van der Waals surface area (Å²) in [4.78, 5) is 15.1. The highest BCUT2D eigenvalue weighted by atomic mass is 79.9. The number of nitrogens with zero attached hydrogens (tertiary/aromatic N) is 1. The zero-order valence-electron chi connectivity index (χ0n) is 9.74. The van der Waals surface area contributed by atoms with E-state index in [-0.39, 0.29) is 5.76 Å². The third kappa shape index (κ3) is 2.89. The van der Waals surface area contributed by atoms with Gasteiger partial charge in [-0.2, -0.15) is 0 Å². The van der Waals surface area contributed by atoms with Crippen LogP contribution in [0.1, 0.15) is 21.9 Å². The van der Waals surface area contributed by atoms with E-state index in [1.165, 1.54) is 0 Å². The molecule has 5 nitrogen and oxygen atoms in total. The number of nitrogens with two attached hydrogens (primary N) is 1. The minimum absolute atomic E-state index is 0.159. The fraction of sp³-hybridized carbons (Fsp3) is 0.167. The van der Waals surface area contributed by atoms with Crippen molar-refractivity contribution in [3.05, 3.63) is 46.0 Å². The summed E-state index contributed by atoms with van der Waals surface area (Å²) in [6.07, 6.45) is 1.73. The van der Waals surface area contributed by atoms with Gasteiger partial charge in [0.15, 0.2) is 5.76 Å². The van der Waals surface area contributed by atoms with Crippen molar-refractivity contribution in [3.63, 3.8) is 0 Å². The van der Waals surface area contributed by atoms with Crippen LogP contribution in [0, 0.1) is 6.92 Å². The molecule has 0 saturated heterocycles. The van der Waals surface area contributed by atoms with Crippen LogP contribution >= 0.6 is 15.9 Å². The van der Waals surface area contributed by atoms with Crippen LogP contribution in [0.25, 0.3) is 0 Å². The van der Waals surface area contributed by atoms with E-state index in [1.54, 1.807) is 18.3 Å². The molecule has 0 aromatic carbocycles. The number of carbonyl (C=O) groups excluding carboxylic acids is 1. The van der Waals surface area contributed by atoms with Gasteiger partial charge in [-0.25, -0.2) is 4.98 Å². The molecule has 0 aliphatic heterocycles. The van der Waals surface area contributed by atoms with Crippen molar-refractivity contribution in [3.8, 4) is 0 Å². The molecule has 0 unspecified atom stereocenters. The highest BCUT2D eigenvalue weighted by Crippen LogP contribution is 2.18. The Hall–Kier alpha value is -1.82. The smallest absolute Gasteiger partial charge is 0.284 e. The number of hydrogen-bond acceptors (Lipinski definition) is 4. The van der Waals surface area contributed by atoms with E-state index in [0.29, 0.717) is 12.3 Å². The lowest BCUT2D eigenvalue weighted by Crippen LogP contribution is -2.09. The molecule has 6 heteroatoms. The van der Waals surface area contributed by atoms with Crippen molar-refractivity contribution in [2.45, 2.75) is 13.5 Å². The van der Waals surface area contributed by atoms with Crippen molar-refractivity contribution >= 4 is 27.7 Å². The summed E-state index contributed by atoms with van der Waals surface area (Å²) in [5.74, 6) is 0.963. The molecule has 2 rings (SSSR count). The summed E-state index contributed by atoms with van der Waals surface area (Å²) in [5.41, 5.74) is 6.19. The van der Waals surface area contributed by atoms with Gasteiger partial charge >= 0.3 is 0 Å². The van der Waals surface area contributed by atoms with Crippen LogP contribution in [0.15, 0.2) is 33.3 Å². The van der Waals surface area contributed by atoms with Gasteiger partial charge in [-0.1, -0.05) is 0 Å². The van der Waals surface area contributed by atoms with E-state index >= 15 is 0 Å². The number of furan rings is 1. The maximum atomic E-state index is 10.9. The number of amides is 1. The van der Waals surface area contributed by atoms with Gasteiger partial charge in [-0.05, 0) is 46.6 Å². The molecule has 0 fully saturated rings. The molecule has 0 bridgehead atoms. The molecule has 1 amide bonds. The Labute approximate surface area is 113 Å². The van der Waals surface area contributed by atoms with Crippen LogP contribution in [0.5, 0.6) is 0 Å². The van der Waals surface area contributed by atoms with Gasteiger partial charge in [-0.15, -0.1) is 0 Å². The summed E-state index contributed by atoms with van der Waals surface area (Å²) in [6.45, 7) is 2.43. The van der Waals surface area contributed by atoms with Crippen LogP contribution in [0.2, 0.25) is 0 Å². The molecule has 0 radical (unpaired) electrons. The van der Waals surface area contributed by atoms with Gasteiger partial charge in [0.25, 0.3) is 5.91 Å². The summed E-state index contributed by atoms with van der Waals surface area (Å²) in [5, 5.41) is 3.10. The van der Waals surface area contributed by atoms with Gasteiger partial charge in [0.05, 0.1) is 6.54 Å². The quantitative estimate of drug-likeness (QED) is 0.909. The van der Waals surface area contributed by atoms with Crippen LogP contribution in [0.3, 0.4) is 0 Å². The lowest BCUT2D eigenvalue weighted by atomic mass is 10.3. The number of nitrogens with one attached hydrogen (secondary N) is 1. The topological polar surface area (TPSA) is 81.1 Å². The molecule has 2 aromatic rings. The van der Waals surface area contributed by atoms with Crippen molar-refractivity contribution in [2.24, 2.45) is 5.73 Å². The van der Waals surface area contributed by atoms with Crippen LogP contribution in [-0.2, 0) is 6.54 Å². The summed E-state index contributed by atoms with van der Waals surface area (Å²) >= 11 is 3.38. The second-order valence-corrected chi connectivity index (χ2v) is 4.66. The lowest BCUT2D eigenvalue weighted by molar-refractivity contribution is 0.0972. The average molecular weight is 310 g/mol. The van der Waals surface area contributed by atoms with Gasteiger partial charge in [0, 0.05) is 10.7 Å². The molecule has 0 spiro atoms. The molecule has 0 saturated carbocycles. The van der Waals surface area contributed by atoms with E-state index in [9.17, 15) is 4.79 Å². The third-order valence-corrected chi connectivity index (χ3v) is 3.23. The standard InChI is InChI=1S/C12H12BrN3O2/c1-7-4-11(16-6-9(7)13)15-5-8-2-3-10(18-8)12(14)17/h2-4,6H,5H2,1H3,(H2,14,17)(H,15,16). The maximum absolute atomic E-state index is 10.9. The largest absolute Gasteiger partial charge is 0.454 e. The third-order valence-electron chi connectivity index (χ3n) is 2.40. The average Bonchev–Trinajstić information content (AvgIpc) is 2.79. The van der Waals surface area contributed by atoms with Crippen molar-refractivity contribution < 1.29 is 9.21 Å². The normalized spacial score (nSPS) is 10.3. The van der Waals surface area contributed by atoms with Crippen LogP contribution in [-0.4, -0.2) is 10.9 Å². The minimum Gasteiger partial charge on any atom is -0.454 e. The Kier molecular flexibility index (Phi) is 3.66. The maximum Gasteiger partial charge on any atom is 0.284 e. The van der Waals surface area contributed by atoms with Crippen LogP contribution < -0.4 is 11.1 Å². The number of hydrogen-bond donors (Lipinski definition) is 2. The Bertz CT molecular complexity index is 580. The Morgan fingerprint density at radius 2 is 2.33 bits per heavy atom. The molecule has 0 aliphatic carbocycles. The van der Waals surface area contributed by atoms with Gasteiger partial charge < -0.3 is 15.5 Å². The molecule has 2 heterocycles.